The average molecular weight is 450 g/mol. The molecule has 0 nitrogen and oxygen atoms in total. The summed E-state index contributed by atoms with van der Waals surface area (Å²) in [5.41, 5.74) is 1.84. The van der Waals surface area contributed by atoms with Crippen LogP contribution in [0.1, 0.15) is 24.5 Å². The van der Waals surface area contributed by atoms with Gasteiger partial charge in [0.25, 0.3) is 0 Å². The summed E-state index contributed by atoms with van der Waals surface area (Å²) in [7, 11) is 0. The highest BCUT2D eigenvalue weighted by Gasteiger charge is 2.34. The lowest BCUT2D eigenvalue weighted by Gasteiger charge is -2.27. The van der Waals surface area contributed by atoms with E-state index in [0.717, 1.165) is 18.4 Å². The maximum atomic E-state index is 15.4. The Labute approximate surface area is 188 Å². The number of aryl methyl sites for hydroxylation is 2. The fourth-order valence-electron chi connectivity index (χ4n) is 4.52. The molecule has 5 rings (SSSR count). The normalized spacial score (nSPS) is 11.7. The van der Waals surface area contributed by atoms with Crippen molar-refractivity contribution in [2.24, 2.45) is 0 Å². The van der Waals surface area contributed by atoms with Crippen LogP contribution < -0.4 is 0 Å². The Hall–Kier alpha value is -3.47. The van der Waals surface area contributed by atoms with Crippen molar-refractivity contribution in [2.45, 2.75) is 26.7 Å². The molecule has 0 fully saturated rings. The maximum absolute atomic E-state index is 15.4. The van der Waals surface area contributed by atoms with Crippen LogP contribution in [0.3, 0.4) is 0 Å². The number of benzene rings is 4. The van der Waals surface area contributed by atoms with Crippen molar-refractivity contribution in [1.82, 2.24) is 0 Å². The summed E-state index contributed by atoms with van der Waals surface area (Å²) in [5.74, 6) is -5.37. The Balaban J connectivity index is 1.58. The highest BCUT2D eigenvalue weighted by atomic mass is 19.2. The van der Waals surface area contributed by atoms with Crippen molar-refractivity contribution in [2.75, 3.05) is 0 Å². The van der Waals surface area contributed by atoms with Gasteiger partial charge in [-0.1, -0.05) is 61.9 Å². The maximum Gasteiger partial charge on any atom is 0.167 e. The summed E-state index contributed by atoms with van der Waals surface area (Å²) in [6.45, 7) is 3.49. The van der Waals surface area contributed by atoms with Crippen molar-refractivity contribution in [1.29, 1.82) is 0 Å². The van der Waals surface area contributed by atoms with E-state index in [9.17, 15) is 8.78 Å². The topological polar surface area (TPSA) is 0 Å². The monoisotopic (exact) mass is 450 g/mol. The second kappa shape index (κ2) is 7.84. The number of hydrogen-bond acceptors (Lipinski definition) is 0. The molecule has 0 aliphatic heterocycles. The molecule has 4 aromatic carbocycles. The lowest BCUT2D eigenvalue weighted by Crippen LogP contribution is -2.09. The van der Waals surface area contributed by atoms with Crippen LogP contribution in [0.2, 0.25) is 0 Å². The summed E-state index contributed by atoms with van der Waals surface area (Å²) >= 11 is 0. The van der Waals surface area contributed by atoms with E-state index in [1.165, 1.54) is 37.3 Å². The molecule has 5 heteroatoms. The number of fused-ring (bicyclic) bond motifs is 4. The van der Waals surface area contributed by atoms with Gasteiger partial charge in [-0.25, -0.2) is 22.0 Å². The molecule has 0 spiro atoms. The molecule has 1 aliphatic carbocycles. The zero-order valence-corrected chi connectivity index (χ0v) is 18.0. The largest absolute Gasteiger partial charge is 0.206 e. The van der Waals surface area contributed by atoms with Gasteiger partial charge < -0.3 is 0 Å². The lowest BCUT2D eigenvalue weighted by atomic mass is 9.77. The predicted molar refractivity (Wildman–Crippen MR) is 120 cm³/mol. The summed E-state index contributed by atoms with van der Waals surface area (Å²) < 4.78 is 74.0. The van der Waals surface area contributed by atoms with Gasteiger partial charge in [-0.05, 0) is 47.2 Å². The minimum absolute atomic E-state index is 0.0672. The van der Waals surface area contributed by atoms with Gasteiger partial charge in [0.15, 0.2) is 23.3 Å². The number of hydrogen-bond donors (Lipinski definition) is 0. The summed E-state index contributed by atoms with van der Waals surface area (Å²) in [6.07, 6.45) is 1.87. The number of rotatable bonds is 4. The first-order chi connectivity index (χ1) is 15.8. The molecule has 166 valence electrons. The smallest absolute Gasteiger partial charge is 0.167 e. The van der Waals surface area contributed by atoms with E-state index < -0.39 is 29.1 Å². The van der Waals surface area contributed by atoms with Gasteiger partial charge in [0.1, 0.15) is 5.82 Å². The third-order valence-electron chi connectivity index (χ3n) is 6.25. The Kier molecular flexibility index (Phi) is 5.08. The van der Waals surface area contributed by atoms with E-state index in [1.54, 1.807) is 12.1 Å². The zero-order chi connectivity index (χ0) is 23.4. The Bertz CT molecular complexity index is 1420. The number of halogens is 5. The van der Waals surface area contributed by atoms with Gasteiger partial charge in [-0.3, -0.25) is 0 Å². The van der Waals surface area contributed by atoms with Gasteiger partial charge in [0.05, 0.1) is 0 Å². The van der Waals surface area contributed by atoms with Crippen molar-refractivity contribution >= 4 is 0 Å². The lowest BCUT2D eigenvalue weighted by molar-refractivity contribution is 0.504. The fourth-order valence-corrected chi connectivity index (χ4v) is 4.52. The average Bonchev–Trinajstić information content (AvgIpc) is 2.80. The molecule has 4 aromatic rings. The van der Waals surface area contributed by atoms with Gasteiger partial charge in [-0.15, -0.1) is 0 Å². The van der Waals surface area contributed by atoms with E-state index in [2.05, 4.69) is 6.92 Å². The zero-order valence-electron chi connectivity index (χ0n) is 18.0. The Morgan fingerprint density at radius 2 is 1.09 bits per heavy atom. The first kappa shape index (κ1) is 21.4. The molecule has 0 saturated carbocycles. The van der Waals surface area contributed by atoms with Crippen molar-refractivity contribution in [3.8, 4) is 44.5 Å². The second-order valence-corrected chi connectivity index (χ2v) is 8.33. The highest BCUT2D eigenvalue weighted by Crippen LogP contribution is 2.52. The molecule has 0 amide bonds. The van der Waals surface area contributed by atoms with Crippen LogP contribution >= 0.6 is 0 Å². The molecular formula is C28H19F5. The van der Waals surface area contributed by atoms with Gasteiger partial charge in [0, 0.05) is 27.8 Å². The van der Waals surface area contributed by atoms with Crippen LogP contribution in [0.15, 0.2) is 54.6 Å². The van der Waals surface area contributed by atoms with Gasteiger partial charge in [0.2, 0.25) is 0 Å². The van der Waals surface area contributed by atoms with Crippen LogP contribution in [0, 0.1) is 36.0 Å². The summed E-state index contributed by atoms with van der Waals surface area (Å²) in [5, 5.41) is 0. The molecular weight excluding hydrogens is 431 g/mol. The molecule has 33 heavy (non-hydrogen) atoms. The van der Waals surface area contributed by atoms with Crippen molar-refractivity contribution < 1.29 is 22.0 Å². The predicted octanol–water partition coefficient (Wildman–Crippen LogP) is 8.62. The molecule has 0 unspecified atom stereocenters. The molecule has 0 N–H and O–H groups in total. The van der Waals surface area contributed by atoms with Crippen LogP contribution in [0.5, 0.6) is 0 Å². The van der Waals surface area contributed by atoms with E-state index >= 15 is 13.2 Å². The Morgan fingerprint density at radius 1 is 0.545 bits per heavy atom. The van der Waals surface area contributed by atoms with Gasteiger partial charge >= 0.3 is 0 Å². The fraction of sp³-hybridized carbons (Fsp3) is 0.143. The third-order valence-corrected chi connectivity index (χ3v) is 6.25. The van der Waals surface area contributed by atoms with Crippen LogP contribution in [-0.4, -0.2) is 0 Å². The molecule has 0 bridgehead atoms. The molecule has 0 aromatic heterocycles. The van der Waals surface area contributed by atoms with E-state index in [4.69, 9.17) is 0 Å². The van der Waals surface area contributed by atoms with Crippen molar-refractivity contribution in [3.63, 3.8) is 0 Å². The first-order valence-corrected chi connectivity index (χ1v) is 10.7. The molecule has 0 saturated heterocycles. The molecule has 0 heterocycles. The second-order valence-electron chi connectivity index (χ2n) is 8.33. The SMILES string of the molecule is CCCc1ccc(-c2ccc(-c3ccc4c(c3F)-c3c-4cc(C)c(F)c3F)c(F)c2F)cc1. The minimum Gasteiger partial charge on any atom is -0.206 e. The molecule has 0 radical (unpaired) electrons. The molecule has 1 aliphatic rings. The minimum atomic E-state index is -1.20. The van der Waals surface area contributed by atoms with E-state index in [1.807, 2.05) is 12.1 Å². The van der Waals surface area contributed by atoms with Crippen LogP contribution in [0.25, 0.3) is 44.5 Å². The third kappa shape index (κ3) is 3.17. The molecule has 0 atom stereocenters. The first-order valence-electron chi connectivity index (χ1n) is 10.7. The Morgan fingerprint density at radius 3 is 1.76 bits per heavy atom. The van der Waals surface area contributed by atoms with E-state index in [0.29, 0.717) is 16.7 Å². The quantitative estimate of drug-likeness (QED) is 0.240. The van der Waals surface area contributed by atoms with Crippen LogP contribution in [-0.2, 0) is 6.42 Å². The highest BCUT2D eigenvalue weighted by molar-refractivity contribution is 6.04. The van der Waals surface area contributed by atoms with E-state index in [-0.39, 0.29) is 33.4 Å². The summed E-state index contributed by atoms with van der Waals surface area (Å²) in [6, 6.07) is 14.2. The van der Waals surface area contributed by atoms with Crippen LogP contribution in [0.4, 0.5) is 22.0 Å². The van der Waals surface area contributed by atoms with Gasteiger partial charge in [-0.2, -0.15) is 0 Å². The van der Waals surface area contributed by atoms with Crippen molar-refractivity contribution in [3.05, 3.63) is 94.8 Å². The standard InChI is InChI=1S/C28H19F5/c1-3-4-15-5-7-16(8-6-15)17-9-11-20(27(32)26(17)31)19-12-10-18-21-13-14(2)24(29)28(33)23(21)22(18)25(19)30/h5-13H,3-4H2,1-2H3. The summed E-state index contributed by atoms with van der Waals surface area (Å²) in [4.78, 5) is 0.